The van der Waals surface area contributed by atoms with Gasteiger partial charge >= 0.3 is 5.97 Å². The molecule has 1 rings (SSSR count). The van der Waals surface area contributed by atoms with Crippen LogP contribution in [0.5, 0.6) is 0 Å². The lowest BCUT2D eigenvalue weighted by Crippen LogP contribution is -2.44. The van der Waals surface area contributed by atoms with Crippen molar-refractivity contribution < 1.29 is 14.7 Å². The summed E-state index contributed by atoms with van der Waals surface area (Å²) in [6, 6.07) is 4.01. The van der Waals surface area contributed by atoms with Gasteiger partial charge in [0, 0.05) is 10.6 Å². The molecule has 0 unspecified atom stereocenters. The highest BCUT2D eigenvalue weighted by molar-refractivity contribution is 6.31. The molecular weight excluding hydrogens is 254 g/mol. The third-order valence-corrected chi connectivity index (χ3v) is 2.74. The Morgan fingerprint density at radius 3 is 2.33 bits per heavy atom. The van der Waals surface area contributed by atoms with E-state index >= 15 is 0 Å². The van der Waals surface area contributed by atoms with Crippen LogP contribution in [0.2, 0.25) is 5.02 Å². The van der Waals surface area contributed by atoms with Gasteiger partial charge in [-0.1, -0.05) is 25.4 Å². The predicted octanol–water partition coefficient (Wildman–Crippen LogP) is 2.49. The summed E-state index contributed by atoms with van der Waals surface area (Å²) in [5.41, 5.74) is 1.22. The Morgan fingerprint density at radius 2 is 1.89 bits per heavy atom. The van der Waals surface area contributed by atoms with Gasteiger partial charge < -0.3 is 10.4 Å². The lowest BCUT2D eigenvalue weighted by Gasteiger charge is -2.18. The molecule has 0 aliphatic carbocycles. The van der Waals surface area contributed by atoms with Gasteiger partial charge in [0.15, 0.2) is 0 Å². The molecule has 0 fully saturated rings. The molecule has 0 bridgehead atoms. The summed E-state index contributed by atoms with van der Waals surface area (Å²) in [6.45, 7) is 5.30. The number of amides is 1. The minimum atomic E-state index is -1.04. The van der Waals surface area contributed by atoms with E-state index in [0.717, 1.165) is 5.56 Å². The van der Waals surface area contributed by atoms with Crippen molar-refractivity contribution in [2.24, 2.45) is 5.92 Å². The van der Waals surface area contributed by atoms with Crippen LogP contribution in [0.3, 0.4) is 0 Å². The molecular formula is C13H16ClNO3. The summed E-state index contributed by atoms with van der Waals surface area (Å²) in [6.07, 6.45) is 0. The Kier molecular flexibility index (Phi) is 4.73. The summed E-state index contributed by atoms with van der Waals surface area (Å²) in [5.74, 6) is -1.66. The van der Waals surface area contributed by atoms with E-state index in [1.807, 2.05) is 6.92 Å². The van der Waals surface area contributed by atoms with Crippen molar-refractivity contribution in [3.05, 3.63) is 34.3 Å². The third-order valence-electron chi connectivity index (χ3n) is 2.52. The van der Waals surface area contributed by atoms with Gasteiger partial charge in [0.1, 0.15) is 6.04 Å². The van der Waals surface area contributed by atoms with Crippen LogP contribution in [0.15, 0.2) is 18.2 Å². The van der Waals surface area contributed by atoms with Crippen molar-refractivity contribution in [1.82, 2.24) is 5.32 Å². The average molecular weight is 270 g/mol. The summed E-state index contributed by atoms with van der Waals surface area (Å²) in [5, 5.41) is 12.0. The first-order valence-corrected chi connectivity index (χ1v) is 6.00. The van der Waals surface area contributed by atoms with Gasteiger partial charge in [0.25, 0.3) is 5.91 Å². The molecule has 0 aliphatic heterocycles. The fourth-order valence-electron chi connectivity index (χ4n) is 1.61. The normalized spacial score (nSPS) is 12.3. The SMILES string of the molecule is Cc1cc(Cl)cc(C(=O)N[C@@H](C(=O)O)C(C)C)c1. The summed E-state index contributed by atoms with van der Waals surface area (Å²) < 4.78 is 0. The topological polar surface area (TPSA) is 66.4 Å². The number of hydrogen-bond donors (Lipinski definition) is 2. The molecule has 0 aromatic heterocycles. The lowest BCUT2D eigenvalue weighted by molar-refractivity contribution is -0.140. The number of carbonyl (C=O) groups is 2. The Hall–Kier alpha value is -1.55. The summed E-state index contributed by atoms with van der Waals surface area (Å²) in [4.78, 5) is 22.9. The van der Waals surface area contributed by atoms with Gasteiger partial charge in [-0.3, -0.25) is 4.79 Å². The molecule has 1 aromatic carbocycles. The molecule has 0 heterocycles. The Balaban J connectivity index is 2.90. The van der Waals surface area contributed by atoms with Gasteiger partial charge in [-0.2, -0.15) is 0 Å². The number of rotatable bonds is 4. The molecule has 0 spiro atoms. The molecule has 98 valence electrons. The van der Waals surface area contributed by atoms with Crippen LogP contribution in [-0.4, -0.2) is 23.0 Å². The first-order chi connectivity index (χ1) is 8.31. The number of nitrogens with one attached hydrogen (secondary N) is 1. The minimum absolute atomic E-state index is 0.188. The van der Waals surface area contributed by atoms with Crippen molar-refractivity contribution in [2.45, 2.75) is 26.8 Å². The zero-order valence-electron chi connectivity index (χ0n) is 10.5. The van der Waals surface area contributed by atoms with Gasteiger partial charge in [-0.15, -0.1) is 0 Å². The van der Waals surface area contributed by atoms with Crippen molar-refractivity contribution in [2.75, 3.05) is 0 Å². The highest BCUT2D eigenvalue weighted by Crippen LogP contribution is 2.15. The maximum Gasteiger partial charge on any atom is 0.326 e. The molecule has 18 heavy (non-hydrogen) atoms. The fraction of sp³-hybridized carbons (Fsp3) is 0.385. The van der Waals surface area contributed by atoms with E-state index in [4.69, 9.17) is 16.7 Å². The number of carboxylic acid groups (broad SMARTS) is 1. The lowest BCUT2D eigenvalue weighted by atomic mass is 10.0. The molecule has 0 aliphatic rings. The molecule has 5 heteroatoms. The van der Waals surface area contributed by atoms with E-state index in [1.165, 1.54) is 6.07 Å². The number of hydrogen-bond acceptors (Lipinski definition) is 2. The fourth-order valence-corrected chi connectivity index (χ4v) is 1.90. The smallest absolute Gasteiger partial charge is 0.326 e. The zero-order chi connectivity index (χ0) is 13.9. The van der Waals surface area contributed by atoms with Crippen molar-refractivity contribution in [3.8, 4) is 0 Å². The number of halogens is 1. The van der Waals surface area contributed by atoms with Crippen LogP contribution >= 0.6 is 11.6 Å². The van der Waals surface area contributed by atoms with Gasteiger partial charge in [0.05, 0.1) is 0 Å². The van der Waals surface area contributed by atoms with E-state index in [0.29, 0.717) is 10.6 Å². The number of aryl methyl sites for hydroxylation is 1. The maximum atomic E-state index is 11.9. The maximum absolute atomic E-state index is 11.9. The van der Waals surface area contributed by atoms with E-state index in [1.54, 1.807) is 26.0 Å². The molecule has 0 saturated heterocycles. The van der Waals surface area contributed by atoms with Gasteiger partial charge in [-0.25, -0.2) is 4.79 Å². The predicted molar refractivity (Wildman–Crippen MR) is 69.9 cm³/mol. The van der Waals surface area contributed by atoms with E-state index in [-0.39, 0.29) is 5.92 Å². The Morgan fingerprint density at radius 1 is 1.28 bits per heavy atom. The molecule has 1 amide bonds. The standard InChI is InChI=1S/C13H16ClNO3/c1-7(2)11(13(17)18)15-12(16)9-4-8(3)5-10(14)6-9/h4-7,11H,1-3H3,(H,15,16)(H,17,18)/t11-/m1/s1. The first-order valence-electron chi connectivity index (χ1n) is 5.62. The highest BCUT2D eigenvalue weighted by Gasteiger charge is 2.24. The van der Waals surface area contributed by atoms with Crippen molar-refractivity contribution >= 4 is 23.5 Å². The second kappa shape index (κ2) is 5.87. The van der Waals surface area contributed by atoms with Crippen LogP contribution in [0.4, 0.5) is 0 Å². The summed E-state index contributed by atoms with van der Waals surface area (Å²) in [7, 11) is 0. The van der Waals surface area contributed by atoms with Crippen LogP contribution in [0.25, 0.3) is 0 Å². The first kappa shape index (κ1) is 14.5. The van der Waals surface area contributed by atoms with Crippen LogP contribution in [0.1, 0.15) is 29.8 Å². The molecule has 2 N–H and O–H groups in total. The van der Waals surface area contributed by atoms with Crippen LogP contribution in [0, 0.1) is 12.8 Å². The number of carbonyl (C=O) groups excluding carboxylic acids is 1. The van der Waals surface area contributed by atoms with E-state index in [9.17, 15) is 9.59 Å². The molecule has 1 aromatic rings. The zero-order valence-corrected chi connectivity index (χ0v) is 11.3. The summed E-state index contributed by atoms with van der Waals surface area (Å²) >= 11 is 5.86. The monoisotopic (exact) mass is 269 g/mol. The number of benzene rings is 1. The van der Waals surface area contributed by atoms with Gasteiger partial charge in [-0.05, 0) is 36.6 Å². The largest absolute Gasteiger partial charge is 0.480 e. The van der Waals surface area contributed by atoms with Crippen molar-refractivity contribution in [3.63, 3.8) is 0 Å². The average Bonchev–Trinajstić information content (AvgIpc) is 2.23. The molecule has 4 nitrogen and oxygen atoms in total. The Bertz CT molecular complexity index is 451. The second-order valence-electron chi connectivity index (χ2n) is 4.55. The molecule has 0 saturated carbocycles. The van der Waals surface area contributed by atoms with E-state index < -0.39 is 17.9 Å². The van der Waals surface area contributed by atoms with E-state index in [2.05, 4.69) is 5.32 Å². The number of carboxylic acids is 1. The highest BCUT2D eigenvalue weighted by atomic mass is 35.5. The molecule has 1 atom stereocenters. The van der Waals surface area contributed by atoms with Crippen LogP contribution < -0.4 is 5.32 Å². The second-order valence-corrected chi connectivity index (χ2v) is 4.99. The van der Waals surface area contributed by atoms with Gasteiger partial charge in [0.2, 0.25) is 0 Å². The van der Waals surface area contributed by atoms with Crippen molar-refractivity contribution in [1.29, 1.82) is 0 Å². The van der Waals surface area contributed by atoms with Crippen LogP contribution in [-0.2, 0) is 4.79 Å². The minimum Gasteiger partial charge on any atom is -0.480 e. The number of aliphatic carboxylic acids is 1. The Labute approximate surface area is 111 Å². The quantitative estimate of drug-likeness (QED) is 0.882. The third kappa shape index (κ3) is 3.74. The molecule has 0 radical (unpaired) electrons.